The summed E-state index contributed by atoms with van der Waals surface area (Å²) < 4.78 is 29.3. The summed E-state index contributed by atoms with van der Waals surface area (Å²) in [5.74, 6) is -0.212. The molecule has 0 aliphatic rings. The van der Waals surface area contributed by atoms with Crippen molar-refractivity contribution in [1.29, 1.82) is 0 Å². The average Bonchev–Trinajstić information content (AvgIpc) is 2.39. The van der Waals surface area contributed by atoms with Crippen LogP contribution in [-0.4, -0.2) is 47.4 Å². The SMILES string of the molecule is CCN(c1ccc(C(=O)NCCOC)cc1)S(C)(=O)=O. The molecule has 1 rings (SSSR count). The number of ether oxygens (including phenoxy) is 1. The number of amides is 1. The maximum atomic E-state index is 11.8. The number of sulfonamides is 1. The molecular weight excluding hydrogens is 280 g/mol. The molecule has 112 valence electrons. The monoisotopic (exact) mass is 300 g/mol. The van der Waals surface area contributed by atoms with Gasteiger partial charge < -0.3 is 10.1 Å². The highest BCUT2D eigenvalue weighted by atomic mass is 32.2. The number of hydrogen-bond donors (Lipinski definition) is 1. The second-order valence-electron chi connectivity index (χ2n) is 4.22. The second-order valence-corrected chi connectivity index (χ2v) is 6.13. The van der Waals surface area contributed by atoms with Crippen molar-refractivity contribution < 1.29 is 17.9 Å². The number of benzene rings is 1. The number of anilines is 1. The Morgan fingerprint density at radius 3 is 2.35 bits per heavy atom. The zero-order chi connectivity index (χ0) is 15.2. The molecule has 1 aromatic carbocycles. The third-order valence-electron chi connectivity index (χ3n) is 2.70. The minimum absolute atomic E-state index is 0.212. The quantitative estimate of drug-likeness (QED) is 0.757. The van der Waals surface area contributed by atoms with Crippen LogP contribution in [0.4, 0.5) is 5.69 Å². The van der Waals surface area contributed by atoms with Crippen molar-refractivity contribution in [3.05, 3.63) is 29.8 Å². The molecule has 0 heterocycles. The molecule has 1 aromatic rings. The first-order valence-corrected chi connectivity index (χ1v) is 8.10. The highest BCUT2D eigenvalue weighted by Crippen LogP contribution is 2.17. The van der Waals surface area contributed by atoms with Gasteiger partial charge in [0.25, 0.3) is 5.91 Å². The normalized spacial score (nSPS) is 11.2. The van der Waals surface area contributed by atoms with E-state index in [1.165, 1.54) is 4.31 Å². The summed E-state index contributed by atoms with van der Waals surface area (Å²) in [7, 11) is -1.74. The topological polar surface area (TPSA) is 75.7 Å². The van der Waals surface area contributed by atoms with Gasteiger partial charge in [0.05, 0.1) is 18.6 Å². The summed E-state index contributed by atoms with van der Waals surface area (Å²) in [6.45, 7) is 2.98. The summed E-state index contributed by atoms with van der Waals surface area (Å²) in [4.78, 5) is 11.8. The molecule has 0 atom stereocenters. The molecule has 0 saturated heterocycles. The number of nitrogens with one attached hydrogen (secondary N) is 1. The van der Waals surface area contributed by atoms with Crippen LogP contribution in [0.1, 0.15) is 17.3 Å². The first-order chi connectivity index (χ1) is 9.40. The van der Waals surface area contributed by atoms with Crippen molar-refractivity contribution in [2.75, 3.05) is 37.4 Å². The fourth-order valence-corrected chi connectivity index (χ4v) is 2.73. The van der Waals surface area contributed by atoms with E-state index in [-0.39, 0.29) is 5.91 Å². The van der Waals surface area contributed by atoms with Crippen LogP contribution in [-0.2, 0) is 14.8 Å². The lowest BCUT2D eigenvalue weighted by molar-refractivity contribution is 0.0937. The first-order valence-electron chi connectivity index (χ1n) is 6.25. The number of methoxy groups -OCH3 is 1. The molecular formula is C13H20N2O4S. The van der Waals surface area contributed by atoms with E-state index in [1.54, 1.807) is 38.3 Å². The average molecular weight is 300 g/mol. The fourth-order valence-electron chi connectivity index (χ4n) is 1.76. The standard InChI is InChI=1S/C13H20N2O4S/c1-4-15(20(3,17)18)12-7-5-11(6-8-12)13(16)14-9-10-19-2/h5-8H,4,9-10H2,1-3H3,(H,14,16). The van der Waals surface area contributed by atoms with Gasteiger partial charge in [0.15, 0.2) is 0 Å². The van der Waals surface area contributed by atoms with E-state index in [2.05, 4.69) is 5.32 Å². The third-order valence-corrected chi connectivity index (χ3v) is 3.97. The van der Waals surface area contributed by atoms with Crippen LogP contribution in [0.15, 0.2) is 24.3 Å². The van der Waals surface area contributed by atoms with Crippen LogP contribution in [0.3, 0.4) is 0 Å². The highest BCUT2D eigenvalue weighted by molar-refractivity contribution is 7.92. The molecule has 1 amide bonds. The van der Waals surface area contributed by atoms with Crippen LogP contribution in [0.2, 0.25) is 0 Å². The van der Waals surface area contributed by atoms with Gasteiger partial charge in [-0.1, -0.05) is 0 Å². The maximum Gasteiger partial charge on any atom is 0.251 e. The van der Waals surface area contributed by atoms with Gasteiger partial charge in [-0.05, 0) is 31.2 Å². The molecule has 6 nitrogen and oxygen atoms in total. The van der Waals surface area contributed by atoms with Gasteiger partial charge >= 0.3 is 0 Å². The first kappa shape index (κ1) is 16.5. The third kappa shape index (κ3) is 4.50. The van der Waals surface area contributed by atoms with Gasteiger partial charge in [-0.25, -0.2) is 8.42 Å². The van der Waals surface area contributed by atoms with Crippen molar-refractivity contribution in [2.45, 2.75) is 6.92 Å². The fraction of sp³-hybridized carbons (Fsp3) is 0.462. The zero-order valence-electron chi connectivity index (χ0n) is 11.9. The minimum atomic E-state index is -3.30. The molecule has 0 aliphatic carbocycles. The molecule has 1 N–H and O–H groups in total. The van der Waals surface area contributed by atoms with E-state index in [0.717, 1.165) is 6.26 Å². The smallest absolute Gasteiger partial charge is 0.251 e. The number of hydrogen-bond acceptors (Lipinski definition) is 4. The van der Waals surface area contributed by atoms with Crippen molar-refractivity contribution in [3.8, 4) is 0 Å². The summed E-state index contributed by atoms with van der Waals surface area (Å²) in [6, 6.07) is 6.45. The van der Waals surface area contributed by atoms with E-state index in [4.69, 9.17) is 4.74 Å². The Kier molecular flexibility index (Phi) is 5.97. The van der Waals surface area contributed by atoms with Gasteiger partial charge in [-0.2, -0.15) is 0 Å². The largest absolute Gasteiger partial charge is 0.383 e. The maximum absolute atomic E-state index is 11.8. The Hall–Kier alpha value is -1.60. The predicted molar refractivity (Wildman–Crippen MR) is 78.5 cm³/mol. The summed E-state index contributed by atoms with van der Waals surface area (Å²) in [5, 5.41) is 2.70. The van der Waals surface area contributed by atoms with Gasteiger partial charge in [-0.15, -0.1) is 0 Å². The van der Waals surface area contributed by atoms with Crippen LogP contribution < -0.4 is 9.62 Å². The van der Waals surface area contributed by atoms with E-state index in [0.29, 0.717) is 30.9 Å². The van der Waals surface area contributed by atoms with Crippen molar-refractivity contribution in [3.63, 3.8) is 0 Å². The van der Waals surface area contributed by atoms with Crippen molar-refractivity contribution in [2.24, 2.45) is 0 Å². The van der Waals surface area contributed by atoms with Crippen LogP contribution >= 0.6 is 0 Å². The highest BCUT2D eigenvalue weighted by Gasteiger charge is 2.15. The lowest BCUT2D eigenvalue weighted by atomic mass is 10.2. The van der Waals surface area contributed by atoms with Gasteiger partial charge in [-0.3, -0.25) is 9.10 Å². The van der Waals surface area contributed by atoms with Gasteiger partial charge in [0.1, 0.15) is 0 Å². The Balaban J connectivity index is 2.80. The van der Waals surface area contributed by atoms with E-state index in [1.807, 2.05) is 0 Å². The Morgan fingerprint density at radius 1 is 1.30 bits per heavy atom. The predicted octanol–water partition coefficient (Wildman–Crippen LogP) is 0.849. The van der Waals surface area contributed by atoms with Crippen LogP contribution in [0.25, 0.3) is 0 Å². The van der Waals surface area contributed by atoms with Crippen LogP contribution in [0.5, 0.6) is 0 Å². The minimum Gasteiger partial charge on any atom is -0.383 e. The molecule has 20 heavy (non-hydrogen) atoms. The van der Waals surface area contributed by atoms with E-state index >= 15 is 0 Å². The number of nitrogens with zero attached hydrogens (tertiary/aromatic N) is 1. The van der Waals surface area contributed by atoms with Gasteiger partial charge in [0, 0.05) is 25.8 Å². The summed E-state index contributed by atoms with van der Waals surface area (Å²) >= 11 is 0. The van der Waals surface area contributed by atoms with Crippen molar-refractivity contribution >= 4 is 21.6 Å². The molecule has 7 heteroatoms. The molecule has 0 bridgehead atoms. The Bertz CT molecular complexity index is 540. The molecule has 0 unspecified atom stereocenters. The number of rotatable bonds is 7. The molecule has 0 spiro atoms. The van der Waals surface area contributed by atoms with Gasteiger partial charge in [0.2, 0.25) is 10.0 Å². The van der Waals surface area contributed by atoms with Crippen LogP contribution in [0, 0.1) is 0 Å². The molecule has 0 radical (unpaired) electrons. The molecule has 0 aliphatic heterocycles. The number of carbonyl (C=O) groups is 1. The molecule has 0 fully saturated rings. The summed E-state index contributed by atoms with van der Waals surface area (Å²) in [6.07, 6.45) is 1.15. The molecule has 0 aromatic heterocycles. The Morgan fingerprint density at radius 2 is 1.90 bits per heavy atom. The van der Waals surface area contributed by atoms with Crippen molar-refractivity contribution in [1.82, 2.24) is 5.32 Å². The molecule has 0 saturated carbocycles. The lowest BCUT2D eigenvalue weighted by Crippen LogP contribution is -2.30. The number of carbonyl (C=O) groups excluding carboxylic acids is 1. The summed E-state index contributed by atoms with van der Waals surface area (Å²) in [5.41, 5.74) is 1.03. The van der Waals surface area contributed by atoms with E-state index in [9.17, 15) is 13.2 Å². The Labute approximate surface area is 119 Å². The second kappa shape index (κ2) is 7.25. The lowest BCUT2D eigenvalue weighted by Gasteiger charge is -2.20. The van der Waals surface area contributed by atoms with E-state index < -0.39 is 10.0 Å². The zero-order valence-corrected chi connectivity index (χ0v) is 12.7.